The van der Waals surface area contributed by atoms with E-state index in [-0.39, 0.29) is 37.7 Å². The lowest BCUT2D eigenvalue weighted by Gasteiger charge is -2.16. The van der Waals surface area contributed by atoms with Gasteiger partial charge in [0, 0.05) is 4.88 Å². The second kappa shape index (κ2) is 9.79. The molecule has 0 aliphatic carbocycles. The molecule has 0 bridgehead atoms. The van der Waals surface area contributed by atoms with Crippen molar-refractivity contribution in [1.29, 1.82) is 0 Å². The van der Waals surface area contributed by atoms with Crippen LogP contribution in [0, 0.1) is 12.7 Å². The number of hydrogen-bond donors (Lipinski definition) is 2. The quantitative estimate of drug-likeness (QED) is 0.303. The number of aromatic amines is 1. The summed E-state index contributed by atoms with van der Waals surface area (Å²) < 4.78 is 101. The average Bonchev–Trinajstić information content (AvgIpc) is 3.15. The number of aliphatic hydroxyl groups is 1. The van der Waals surface area contributed by atoms with Gasteiger partial charge in [0.1, 0.15) is 16.4 Å². The minimum absolute atomic E-state index is 0.00277. The molecule has 2 aromatic carbocycles. The number of alkyl halides is 6. The van der Waals surface area contributed by atoms with Gasteiger partial charge in [-0.15, -0.1) is 24.5 Å². The van der Waals surface area contributed by atoms with E-state index in [1.165, 1.54) is 25.1 Å². The Morgan fingerprint density at radius 3 is 2.29 bits per heavy atom. The highest BCUT2D eigenvalue weighted by molar-refractivity contribution is 7.22. The van der Waals surface area contributed by atoms with Gasteiger partial charge in [-0.2, -0.15) is 13.2 Å². The van der Waals surface area contributed by atoms with E-state index in [4.69, 9.17) is 4.74 Å². The molecule has 0 radical (unpaired) electrons. The van der Waals surface area contributed by atoms with Gasteiger partial charge < -0.3 is 14.6 Å². The highest BCUT2D eigenvalue weighted by Gasteiger charge is 2.39. The van der Waals surface area contributed by atoms with Gasteiger partial charge in [-0.3, -0.25) is 14.3 Å². The van der Waals surface area contributed by atoms with E-state index < -0.39 is 48.0 Å². The van der Waals surface area contributed by atoms with Crippen LogP contribution in [0.5, 0.6) is 17.2 Å². The van der Waals surface area contributed by atoms with Crippen LogP contribution in [-0.2, 0) is 6.54 Å². The van der Waals surface area contributed by atoms with Crippen molar-refractivity contribution in [3.05, 3.63) is 74.7 Å². The van der Waals surface area contributed by atoms with E-state index in [9.17, 15) is 45.4 Å². The fraction of sp³-hybridized carbons (Fsp3) is 0.217. The van der Waals surface area contributed by atoms with Gasteiger partial charge in [-0.1, -0.05) is 0 Å². The van der Waals surface area contributed by atoms with E-state index in [0.29, 0.717) is 15.9 Å². The van der Waals surface area contributed by atoms with Crippen LogP contribution in [0.2, 0.25) is 0 Å². The number of aryl methyl sites for hydroxylation is 1. The molecule has 1 unspecified atom stereocenters. The molecule has 2 heterocycles. The van der Waals surface area contributed by atoms with Crippen molar-refractivity contribution in [2.45, 2.75) is 32.1 Å². The summed E-state index contributed by atoms with van der Waals surface area (Å²) in [6, 6.07) is 7.78. The molecule has 2 aromatic heterocycles. The van der Waals surface area contributed by atoms with Gasteiger partial charge in [-0.25, -0.2) is 9.18 Å². The third-order valence-electron chi connectivity index (χ3n) is 5.27. The highest BCUT2D eigenvalue weighted by Crippen LogP contribution is 2.42. The summed E-state index contributed by atoms with van der Waals surface area (Å²) in [6.45, 7) is 0.174. The second-order valence-electron chi connectivity index (χ2n) is 7.93. The molecule has 7 nitrogen and oxygen atoms in total. The van der Waals surface area contributed by atoms with E-state index in [1.807, 2.05) is 4.98 Å². The smallest absolute Gasteiger partial charge is 0.453 e. The molecule has 4 rings (SSSR count). The molecule has 202 valence electrons. The van der Waals surface area contributed by atoms with Crippen LogP contribution in [0.25, 0.3) is 20.7 Å². The summed E-state index contributed by atoms with van der Waals surface area (Å²) in [7, 11) is 0. The summed E-state index contributed by atoms with van der Waals surface area (Å²) in [5.74, 6) is -1.78. The van der Waals surface area contributed by atoms with Crippen LogP contribution in [0.3, 0.4) is 0 Å². The van der Waals surface area contributed by atoms with E-state index in [1.54, 1.807) is 0 Å². The van der Waals surface area contributed by atoms with Crippen LogP contribution in [0.15, 0.2) is 52.1 Å². The Bertz CT molecular complexity index is 1600. The number of halogens is 7. The number of thiophene rings is 1. The molecule has 0 spiro atoms. The van der Waals surface area contributed by atoms with Gasteiger partial charge in [0.05, 0.1) is 11.9 Å². The Labute approximate surface area is 211 Å². The summed E-state index contributed by atoms with van der Waals surface area (Å²) in [4.78, 5) is 26.6. The van der Waals surface area contributed by atoms with Crippen molar-refractivity contribution >= 4 is 21.6 Å². The summed E-state index contributed by atoms with van der Waals surface area (Å²) in [5, 5.41) is 9.29. The number of fused-ring (bicyclic) bond motifs is 1. The number of nitrogens with one attached hydrogen (secondary N) is 1. The van der Waals surface area contributed by atoms with Gasteiger partial charge in [0.25, 0.3) is 5.56 Å². The topological polar surface area (TPSA) is 93.5 Å². The molecule has 4 aromatic rings. The lowest BCUT2D eigenvalue weighted by atomic mass is 10.1. The predicted octanol–water partition coefficient (Wildman–Crippen LogP) is 5.48. The summed E-state index contributed by atoms with van der Waals surface area (Å²) in [6.07, 6.45) is -13.1. The molecule has 0 aliphatic heterocycles. The molecule has 0 amide bonds. The molecule has 1 atom stereocenters. The average molecular weight is 564 g/mol. The molecular formula is C23H15F7N2O5S. The van der Waals surface area contributed by atoms with Crippen LogP contribution < -0.4 is 20.7 Å². The normalized spacial score (nSPS) is 13.1. The second-order valence-corrected chi connectivity index (χ2v) is 8.93. The first-order chi connectivity index (χ1) is 17.6. The summed E-state index contributed by atoms with van der Waals surface area (Å²) >= 11 is 0.668. The number of benzene rings is 2. The number of ether oxygens (including phenoxy) is 2. The molecule has 0 saturated carbocycles. The number of nitrogens with zero attached hydrogens (tertiary/aromatic N) is 1. The zero-order chi connectivity index (χ0) is 28.0. The number of rotatable bonds is 6. The minimum Gasteiger partial charge on any atom is -0.453 e. The number of aromatic nitrogens is 2. The van der Waals surface area contributed by atoms with Crippen LogP contribution in [0.1, 0.15) is 5.56 Å². The van der Waals surface area contributed by atoms with Gasteiger partial charge >= 0.3 is 18.2 Å². The Hall–Kier alpha value is -3.85. The predicted molar refractivity (Wildman–Crippen MR) is 122 cm³/mol. The SMILES string of the molecule is Cc1c(-c2ccc(Oc3ccc(F)cc3)c(OC(F)(F)F)c2)sc2c1c(=O)[nH]c(=O)n2CC(O)C(F)(F)F. The van der Waals surface area contributed by atoms with Crippen molar-refractivity contribution in [2.24, 2.45) is 0 Å². The maximum absolute atomic E-state index is 13.2. The lowest BCUT2D eigenvalue weighted by Crippen LogP contribution is -2.38. The Kier molecular flexibility index (Phi) is 7.01. The zero-order valence-corrected chi connectivity index (χ0v) is 19.7. The fourth-order valence-corrected chi connectivity index (χ4v) is 4.87. The molecule has 0 fully saturated rings. The van der Waals surface area contributed by atoms with Gasteiger partial charge in [0.15, 0.2) is 17.6 Å². The Balaban J connectivity index is 1.84. The first-order valence-corrected chi connectivity index (χ1v) is 11.3. The Morgan fingerprint density at radius 2 is 1.68 bits per heavy atom. The van der Waals surface area contributed by atoms with Gasteiger partial charge in [-0.05, 0) is 60.5 Å². The molecular weight excluding hydrogens is 549 g/mol. The molecule has 38 heavy (non-hydrogen) atoms. The number of hydrogen-bond acceptors (Lipinski definition) is 6. The highest BCUT2D eigenvalue weighted by atomic mass is 32.1. The van der Waals surface area contributed by atoms with Crippen molar-refractivity contribution in [3.8, 4) is 27.7 Å². The van der Waals surface area contributed by atoms with Gasteiger partial charge in [0.2, 0.25) is 0 Å². The van der Waals surface area contributed by atoms with Crippen LogP contribution >= 0.6 is 11.3 Å². The maximum atomic E-state index is 13.2. The monoisotopic (exact) mass is 564 g/mol. The van der Waals surface area contributed by atoms with E-state index in [2.05, 4.69) is 4.74 Å². The van der Waals surface area contributed by atoms with E-state index in [0.717, 1.165) is 24.3 Å². The summed E-state index contributed by atoms with van der Waals surface area (Å²) in [5.41, 5.74) is -1.91. The van der Waals surface area contributed by atoms with Crippen LogP contribution in [0.4, 0.5) is 30.7 Å². The molecule has 2 N–H and O–H groups in total. The molecule has 0 aliphatic rings. The van der Waals surface area contributed by atoms with Crippen molar-refractivity contribution < 1.29 is 45.3 Å². The Morgan fingerprint density at radius 1 is 1.03 bits per heavy atom. The first kappa shape index (κ1) is 27.2. The standard InChI is InChI=1S/C23H15F7N2O5S/c1-10-17-19(34)31-21(35)32(9-16(33)22(25,26)27)20(17)38-18(10)11-2-7-14(15(8-11)37-23(28,29)30)36-13-5-3-12(24)4-6-13/h2-8,16,33H,9H2,1H3,(H,31,34,35). The van der Waals surface area contributed by atoms with E-state index >= 15 is 0 Å². The maximum Gasteiger partial charge on any atom is 0.573 e. The van der Waals surface area contributed by atoms with Crippen molar-refractivity contribution in [3.63, 3.8) is 0 Å². The van der Waals surface area contributed by atoms with Crippen molar-refractivity contribution in [1.82, 2.24) is 9.55 Å². The molecule has 15 heteroatoms. The largest absolute Gasteiger partial charge is 0.573 e. The molecule has 0 saturated heterocycles. The minimum atomic E-state index is -5.14. The first-order valence-electron chi connectivity index (χ1n) is 10.5. The third kappa shape index (κ3) is 5.67. The fourth-order valence-electron chi connectivity index (χ4n) is 3.56. The third-order valence-corrected chi connectivity index (χ3v) is 6.64. The lowest BCUT2D eigenvalue weighted by molar-refractivity contribution is -0.275. The zero-order valence-electron chi connectivity index (χ0n) is 18.9. The number of aliphatic hydroxyl groups excluding tert-OH is 1. The van der Waals surface area contributed by atoms with Crippen LogP contribution in [-0.4, -0.2) is 33.3 Å². The van der Waals surface area contributed by atoms with Crippen molar-refractivity contribution in [2.75, 3.05) is 0 Å². The number of H-pyrrole nitrogens is 1.